The minimum Gasteiger partial charge on any atom is -0.461 e. The minimum absolute atomic E-state index is 0.134. The second-order valence-corrected chi connectivity index (χ2v) is 13.4. The molecule has 3 heterocycles. The van der Waals surface area contributed by atoms with Gasteiger partial charge < -0.3 is 29.2 Å². The van der Waals surface area contributed by atoms with Crippen molar-refractivity contribution >= 4 is 36.9 Å². The Morgan fingerprint density at radius 3 is 2.46 bits per heavy atom. The Labute approximate surface area is 277 Å². The third kappa shape index (κ3) is 7.79. The van der Waals surface area contributed by atoms with Crippen molar-refractivity contribution in [1.29, 1.82) is 5.26 Å². The molecule has 1 aliphatic carbocycles. The molecule has 0 bridgehead atoms. The number of aromatic nitrogens is 2. The highest BCUT2D eigenvalue weighted by Crippen LogP contribution is 2.50. The van der Waals surface area contributed by atoms with Gasteiger partial charge in [-0.1, -0.05) is 24.6 Å². The number of nitrogens with one attached hydrogen (secondary N) is 1. The molecule has 6 atom stereocenters. The van der Waals surface area contributed by atoms with Crippen molar-refractivity contribution in [2.75, 3.05) is 12.3 Å². The molecule has 0 amide bonds. The van der Waals surface area contributed by atoms with Crippen LogP contribution in [0.3, 0.4) is 0 Å². The van der Waals surface area contributed by atoms with Gasteiger partial charge in [0.2, 0.25) is 5.60 Å². The fraction of sp³-hybridized carbons (Fsp3) is 0.469. The van der Waals surface area contributed by atoms with E-state index >= 15 is 0 Å². The number of carbonyl (C=O) groups excluding carboxylic acids is 3. The van der Waals surface area contributed by atoms with Crippen LogP contribution in [0.1, 0.15) is 64.7 Å². The summed E-state index contributed by atoms with van der Waals surface area (Å²) in [5.74, 6) is -2.09. The number of nitrogens with two attached hydrogens (primary N) is 1. The summed E-state index contributed by atoms with van der Waals surface area (Å²) in [6.45, 7) is 2.89. The van der Waals surface area contributed by atoms with Gasteiger partial charge >= 0.3 is 25.7 Å². The molecule has 2 fully saturated rings. The third-order valence-corrected chi connectivity index (χ3v) is 9.67. The molecule has 0 unspecified atom stereocenters. The zero-order valence-corrected chi connectivity index (χ0v) is 27.7. The van der Waals surface area contributed by atoms with Gasteiger partial charge in [0.25, 0.3) is 0 Å². The van der Waals surface area contributed by atoms with E-state index in [0.29, 0.717) is 16.9 Å². The van der Waals surface area contributed by atoms with E-state index in [1.807, 2.05) is 6.07 Å². The molecule has 2 aliphatic rings. The number of nitrogens with zero attached hydrogens (tertiary/aromatic N) is 3. The van der Waals surface area contributed by atoms with Crippen LogP contribution in [-0.4, -0.2) is 64.1 Å². The topological polar surface area (TPSA) is 203 Å². The van der Waals surface area contributed by atoms with E-state index in [2.05, 4.69) is 10.2 Å². The first kappa shape index (κ1) is 34.8. The van der Waals surface area contributed by atoms with Gasteiger partial charge in [0.05, 0.1) is 16.9 Å². The lowest BCUT2D eigenvalue weighted by atomic mass is 9.95. The van der Waals surface area contributed by atoms with Crippen LogP contribution in [0.15, 0.2) is 54.7 Å². The fourth-order valence-electron chi connectivity index (χ4n) is 5.81. The van der Waals surface area contributed by atoms with E-state index in [1.165, 1.54) is 29.8 Å². The van der Waals surface area contributed by atoms with E-state index in [1.54, 1.807) is 36.4 Å². The summed E-state index contributed by atoms with van der Waals surface area (Å²) in [5.41, 5.74) is 5.13. The number of esters is 3. The summed E-state index contributed by atoms with van der Waals surface area (Å²) in [6.07, 6.45) is 1.44. The van der Waals surface area contributed by atoms with Crippen LogP contribution in [-0.2, 0) is 42.4 Å². The summed E-state index contributed by atoms with van der Waals surface area (Å²) in [4.78, 5) is 37.7. The number of para-hydroxylation sites is 1. The Bertz CT molecular complexity index is 1720. The van der Waals surface area contributed by atoms with Gasteiger partial charge in [-0.2, -0.15) is 15.4 Å². The normalized spacial score (nSPS) is 24.6. The van der Waals surface area contributed by atoms with Gasteiger partial charge in [-0.15, -0.1) is 0 Å². The first-order valence-corrected chi connectivity index (χ1v) is 17.1. The van der Waals surface area contributed by atoms with Gasteiger partial charge in [-0.05, 0) is 62.9 Å². The van der Waals surface area contributed by atoms with Crippen molar-refractivity contribution in [3.05, 3.63) is 60.4 Å². The lowest BCUT2D eigenvalue weighted by molar-refractivity contribution is -0.166. The maximum Gasteiger partial charge on any atom is 0.459 e. The van der Waals surface area contributed by atoms with Crippen LogP contribution < -0.4 is 15.3 Å². The smallest absolute Gasteiger partial charge is 0.459 e. The van der Waals surface area contributed by atoms with Crippen LogP contribution in [0.4, 0.5) is 5.69 Å². The molecule has 0 spiro atoms. The van der Waals surface area contributed by atoms with Crippen LogP contribution in [0, 0.1) is 11.3 Å². The maximum absolute atomic E-state index is 14.4. The number of fused-ring (bicyclic) bond motifs is 1. The number of hydrogen-bond donors (Lipinski definition) is 2. The molecule has 5 rings (SSSR count). The van der Waals surface area contributed by atoms with Gasteiger partial charge in [0.1, 0.15) is 36.7 Å². The van der Waals surface area contributed by atoms with Crippen molar-refractivity contribution in [3.63, 3.8) is 0 Å². The van der Waals surface area contributed by atoms with Crippen molar-refractivity contribution in [2.24, 2.45) is 0 Å². The van der Waals surface area contributed by atoms with Gasteiger partial charge in [0, 0.05) is 20.0 Å². The lowest BCUT2D eigenvalue weighted by Crippen LogP contribution is -2.49. The van der Waals surface area contributed by atoms with Crippen molar-refractivity contribution in [2.45, 2.75) is 88.9 Å². The van der Waals surface area contributed by atoms with E-state index in [9.17, 15) is 24.2 Å². The number of ether oxygens (including phenoxy) is 4. The van der Waals surface area contributed by atoms with E-state index in [-0.39, 0.29) is 11.9 Å². The number of hydrogen-bond acceptors (Lipinski definition) is 13. The first-order chi connectivity index (χ1) is 22.9. The van der Waals surface area contributed by atoms with Crippen LogP contribution in [0.25, 0.3) is 5.52 Å². The summed E-state index contributed by atoms with van der Waals surface area (Å²) in [6, 6.07) is 13.8. The maximum atomic E-state index is 14.4. The number of carbonyl (C=O) groups is 3. The SMILES string of the molecule is CC(=O)O[C@H]1[C@H](c2ccc3c(N)ccnn23)O[C@](C#N)(CO[P@@](=O)(N[C@@H](C)C(=O)OC2CCCCC2)Oc2ccccc2)[C@H]1OC(C)=O. The average molecular weight is 684 g/mol. The Balaban J connectivity index is 1.47. The van der Waals surface area contributed by atoms with E-state index in [0.717, 1.165) is 46.0 Å². The molecular weight excluding hydrogens is 645 g/mol. The van der Waals surface area contributed by atoms with Crippen molar-refractivity contribution < 1.29 is 46.9 Å². The molecule has 3 N–H and O–H groups in total. The van der Waals surface area contributed by atoms with Crippen molar-refractivity contribution in [3.8, 4) is 11.8 Å². The average Bonchev–Trinajstić information content (AvgIpc) is 3.61. The number of nitriles is 1. The Hall–Kier alpha value is -4.48. The molecule has 15 nitrogen and oxygen atoms in total. The fourth-order valence-corrected chi connectivity index (χ4v) is 7.33. The summed E-state index contributed by atoms with van der Waals surface area (Å²) < 4.78 is 50.5. The molecule has 16 heteroatoms. The lowest BCUT2D eigenvalue weighted by Gasteiger charge is -2.30. The number of nitrogen functional groups attached to an aromatic ring is 1. The standard InChI is InChI=1S/C32H38N5O10P/c1-20(31(40)45-23-10-6-4-7-11-23)36-48(41,47-24-12-8-5-9-13-24)42-19-32(18-33)30(44-22(3)39)29(43-21(2)38)28(46-32)27-15-14-26-25(34)16-17-35-37(26)27/h5,8-9,12-17,20,23,28-30H,4,6-7,10-11,19,34H2,1-3H3,(H,36,41)/t20-,28-,29-,30-,32+,48-/m0/s1. The van der Waals surface area contributed by atoms with E-state index in [4.69, 9.17) is 33.7 Å². The van der Waals surface area contributed by atoms with Crippen LogP contribution in [0.2, 0.25) is 0 Å². The molecule has 48 heavy (non-hydrogen) atoms. The predicted octanol–water partition coefficient (Wildman–Crippen LogP) is 4.17. The molecule has 1 saturated heterocycles. The molecule has 256 valence electrons. The summed E-state index contributed by atoms with van der Waals surface area (Å²) in [7, 11) is -4.51. The zero-order chi connectivity index (χ0) is 34.5. The molecule has 1 aromatic carbocycles. The summed E-state index contributed by atoms with van der Waals surface area (Å²) >= 11 is 0. The number of benzene rings is 1. The first-order valence-electron chi connectivity index (χ1n) is 15.6. The van der Waals surface area contributed by atoms with Crippen LogP contribution in [0.5, 0.6) is 5.75 Å². The summed E-state index contributed by atoms with van der Waals surface area (Å²) in [5, 5.41) is 17.5. The molecule has 2 aromatic heterocycles. The highest BCUT2D eigenvalue weighted by atomic mass is 31.2. The highest BCUT2D eigenvalue weighted by molar-refractivity contribution is 7.52. The number of anilines is 1. The molecule has 0 radical (unpaired) electrons. The second-order valence-electron chi connectivity index (χ2n) is 11.7. The Morgan fingerprint density at radius 2 is 1.79 bits per heavy atom. The largest absolute Gasteiger partial charge is 0.461 e. The van der Waals surface area contributed by atoms with E-state index < -0.39 is 62.2 Å². The van der Waals surface area contributed by atoms with Gasteiger partial charge in [0.15, 0.2) is 12.2 Å². The number of rotatable bonds is 12. The Kier molecular flexibility index (Phi) is 10.7. The van der Waals surface area contributed by atoms with Gasteiger partial charge in [-0.25, -0.2) is 9.08 Å². The molecular formula is C32H38N5O10P. The Morgan fingerprint density at radius 1 is 1.08 bits per heavy atom. The minimum atomic E-state index is -4.51. The quantitative estimate of drug-likeness (QED) is 0.156. The molecule has 3 aromatic rings. The molecule has 1 saturated carbocycles. The molecule has 1 aliphatic heterocycles. The van der Waals surface area contributed by atoms with Gasteiger partial charge in [-0.3, -0.25) is 18.9 Å². The predicted molar refractivity (Wildman–Crippen MR) is 169 cm³/mol. The van der Waals surface area contributed by atoms with Crippen LogP contribution >= 0.6 is 7.75 Å². The highest BCUT2D eigenvalue weighted by Gasteiger charge is 2.62. The zero-order valence-electron chi connectivity index (χ0n) is 26.8. The second kappa shape index (κ2) is 14.7. The third-order valence-electron chi connectivity index (χ3n) is 8.04. The van der Waals surface area contributed by atoms with Crippen molar-refractivity contribution in [1.82, 2.24) is 14.7 Å². The monoisotopic (exact) mass is 683 g/mol.